The predicted molar refractivity (Wildman–Crippen MR) is 111 cm³/mol. The summed E-state index contributed by atoms with van der Waals surface area (Å²) < 4.78 is 57.6. The lowest BCUT2D eigenvalue weighted by atomic mass is 10.2. The van der Waals surface area contributed by atoms with Crippen LogP contribution in [0.5, 0.6) is 23.0 Å². The number of nitrogens with one attached hydrogen (secondary N) is 2. The van der Waals surface area contributed by atoms with Gasteiger partial charge in [0.15, 0.2) is 24.1 Å². The Bertz CT molecular complexity index is 889. The molecular weight excluding hydrogens is 415 g/mol. The van der Waals surface area contributed by atoms with Crippen LogP contribution in [0.3, 0.4) is 0 Å². The Morgan fingerprint density at radius 3 is 2.19 bits per heavy atom. The summed E-state index contributed by atoms with van der Waals surface area (Å²) in [5.74, 6) is 2.16. The first-order valence-electron chi connectivity index (χ1n) is 9.31. The minimum Gasteiger partial charge on any atom is -0.497 e. The van der Waals surface area contributed by atoms with Crippen LogP contribution >= 0.6 is 0 Å². The van der Waals surface area contributed by atoms with Gasteiger partial charge in [0.05, 0.1) is 21.3 Å². The number of ether oxygens (including phenoxy) is 4. The van der Waals surface area contributed by atoms with Crippen LogP contribution in [0.4, 0.5) is 13.2 Å². The average Bonchev–Trinajstić information content (AvgIpc) is 2.77. The van der Waals surface area contributed by atoms with Crippen LogP contribution in [0, 0.1) is 0 Å². The Kier molecular flexibility index (Phi) is 8.65. The molecule has 0 unspecified atom stereocenters. The van der Waals surface area contributed by atoms with Gasteiger partial charge in [0, 0.05) is 31.8 Å². The topological polar surface area (TPSA) is 73.3 Å². The number of halogens is 3. The van der Waals surface area contributed by atoms with E-state index in [0.717, 1.165) is 11.1 Å². The molecule has 0 radical (unpaired) electrons. The number of nitrogens with zero attached hydrogens (tertiary/aromatic N) is 1. The van der Waals surface area contributed by atoms with Gasteiger partial charge in [-0.1, -0.05) is 6.07 Å². The van der Waals surface area contributed by atoms with Gasteiger partial charge >= 0.3 is 6.18 Å². The molecule has 0 aliphatic carbocycles. The van der Waals surface area contributed by atoms with Crippen molar-refractivity contribution in [2.75, 3.05) is 35.0 Å². The zero-order valence-electron chi connectivity index (χ0n) is 17.8. The molecule has 0 saturated carbocycles. The van der Waals surface area contributed by atoms with Crippen LogP contribution in [-0.2, 0) is 13.1 Å². The number of guanidine groups is 1. The van der Waals surface area contributed by atoms with E-state index in [1.165, 1.54) is 13.2 Å². The first kappa shape index (κ1) is 24.0. The van der Waals surface area contributed by atoms with Gasteiger partial charge in [-0.3, -0.25) is 4.99 Å². The minimum absolute atomic E-state index is 0.0256. The molecule has 0 aliphatic rings. The Morgan fingerprint density at radius 2 is 1.58 bits per heavy atom. The third kappa shape index (κ3) is 7.47. The van der Waals surface area contributed by atoms with E-state index in [-0.39, 0.29) is 11.5 Å². The molecule has 0 saturated heterocycles. The third-order valence-corrected chi connectivity index (χ3v) is 4.24. The monoisotopic (exact) mass is 441 g/mol. The van der Waals surface area contributed by atoms with E-state index < -0.39 is 12.8 Å². The van der Waals surface area contributed by atoms with Gasteiger partial charge in [-0.25, -0.2) is 0 Å². The predicted octanol–water partition coefficient (Wildman–Crippen LogP) is 3.52. The van der Waals surface area contributed by atoms with Gasteiger partial charge in [0.2, 0.25) is 0 Å². The highest BCUT2D eigenvalue weighted by Gasteiger charge is 2.29. The van der Waals surface area contributed by atoms with Crippen molar-refractivity contribution >= 4 is 5.96 Å². The summed E-state index contributed by atoms with van der Waals surface area (Å²) in [4.78, 5) is 4.17. The summed E-state index contributed by atoms with van der Waals surface area (Å²) >= 11 is 0. The lowest BCUT2D eigenvalue weighted by Gasteiger charge is -2.16. The number of hydrogen-bond donors (Lipinski definition) is 2. The van der Waals surface area contributed by atoms with Crippen LogP contribution in [-0.4, -0.2) is 47.1 Å². The quantitative estimate of drug-likeness (QED) is 0.458. The maximum Gasteiger partial charge on any atom is 0.422 e. The molecule has 0 heterocycles. The molecule has 0 bridgehead atoms. The van der Waals surface area contributed by atoms with Gasteiger partial charge in [0.1, 0.15) is 11.5 Å². The summed E-state index contributed by atoms with van der Waals surface area (Å²) in [6, 6.07) is 10.2. The smallest absolute Gasteiger partial charge is 0.422 e. The van der Waals surface area contributed by atoms with E-state index in [2.05, 4.69) is 15.6 Å². The van der Waals surface area contributed by atoms with Crippen molar-refractivity contribution in [3.05, 3.63) is 47.5 Å². The molecule has 0 aliphatic heterocycles. The van der Waals surface area contributed by atoms with Crippen molar-refractivity contribution in [3.8, 4) is 23.0 Å². The highest BCUT2D eigenvalue weighted by Crippen LogP contribution is 2.30. The van der Waals surface area contributed by atoms with Crippen molar-refractivity contribution in [1.29, 1.82) is 0 Å². The Labute approximate surface area is 179 Å². The fraction of sp³-hybridized carbons (Fsp3) is 0.381. The lowest BCUT2D eigenvalue weighted by Crippen LogP contribution is -2.36. The van der Waals surface area contributed by atoms with Crippen LogP contribution < -0.4 is 29.6 Å². The average molecular weight is 441 g/mol. The Morgan fingerprint density at radius 1 is 0.871 bits per heavy atom. The van der Waals surface area contributed by atoms with E-state index in [4.69, 9.17) is 18.9 Å². The summed E-state index contributed by atoms with van der Waals surface area (Å²) in [6.07, 6.45) is -4.42. The standard InChI is InChI=1S/C21H26F3N3O4/c1-25-20(27-12-15-6-7-16(28-2)10-18(15)29-3)26-11-14-5-8-17(19(9-14)30-4)31-13-21(22,23)24/h5-10H,11-13H2,1-4H3,(H2,25,26,27). The summed E-state index contributed by atoms with van der Waals surface area (Å²) in [5, 5.41) is 6.32. The molecule has 170 valence electrons. The molecule has 0 amide bonds. The largest absolute Gasteiger partial charge is 0.497 e. The van der Waals surface area contributed by atoms with Gasteiger partial charge in [-0.05, 0) is 29.8 Å². The highest BCUT2D eigenvalue weighted by molar-refractivity contribution is 5.79. The molecule has 0 atom stereocenters. The normalized spacial score (nSPS) is 11.6. The van der Waals surface area contributed by atoms with Crippen molar-refractivity contribution in [1.82, 2.24) is 10.6 Å². The summed E-state index contributed by atoms with van der Waals surface area (Å²) in [5.41, 5.74) is 1.69. The van der Waals surface area contributed by atoms with Crippen LogP contribution in [0.25, 0.3) is 0 Å². The zero-order valence-corrected chi connectivity index (χ0v) is 17.8. The van der Waals surface area contributed by atoms with E-state index in [1.807, 2.05) is 12.1 Å². The molecule has 0 aromatic heterocycles. The van der Waals surface area contributed by atoms with Crippen LogP contribution in [0.1, 0.15) is 11.1 Å². The van der Waals surface area contributed by atoms with E-state index in [1.54, 1.807) is 39.5 Å². The zero-order chi connectivity index (χ0) is 22.9. The number of aliphatic imine (C=N–C) groups is 1. The molecule has 2 aromatic carbocycles. The number of methoxy groups -OCH3 is 3. The number of rotatable bonds is 9. The van der Waals surface area contributed by atoms with E-state index in [9.17, 15) is 13.2 Å². The second kappa shape index (κ2) is 11.2. The van der Waals surface area contributed by atoms with Crippen molar-refractivity contribution in [3.63, 3.8) is 0 Å². The fourth-order valence-corrected chi connectivity index (χ4v) is 2.68. The van der Waals surface area contributed by atoms with Gasteiger partial charge in [-0.2, -0.15) is 13.2 Å². The lowest BCUT2D eigenvalue weighted by molar-refractivity contribution is -0.153. The van der Waals surface area contributed by atoms with E-state index >= 15 is 0 Å². The molecule has 31 heavy (non-hydrogen) atoms. The van der Waals surface area contributed by atoms with Crippen molar-refractivity contribution < 1.29 is 32.1 Å². The SMILES string of the molecule is CN=C(NCc1ccc(OCC(F)(F)F)c(OC)c1)NCc1ccc(OC)cc1OC. The Hall–Kier alpha value is -3.30. The molecular formula is C21H26F3N3O4. The third-order valence-electron chi connectivity index (χ3n) is 4.24. The van der Waals surface area contributed by atoms with Gasteiger partial charge in [-0.15, -0.1) is 0 Å². The molecule has 10 heteroatoms. The molecule has 2 N–H and O–H groups in total. The maximum absolute atomic E-state index is 12.4. The second-order valence-electron chi connectivity index (χ2n) is 6.35. The number of hydrogen-bond acceptors (Lipinski definition) is 5. The minimum atomic E-state index is -4.42. The number of alkyl halides is 3. The molecule has 0 fully saturated rings. The molecule has 2 aromatic rings. The molecule has 7 nitrogen and oxygen atoms in total. The highest BCUT2D eigenvalue weighted by atomic mass is 19.4. The van der Waals surface area contributed by atoms with E-state index in [0.29, 0.717) is 30.5 Å². The summed E-state index contributed by atoms with van der Waals surface area (Å²) in [7, 11) is 6.17. The Balaban J connectivity index is 1.96. The van der Waals surface area contributed by atoms with Gasteiger partial charge < -0.3 is 29.6 Å². The van der Waals surface area contributed by atoms with Crippen LogP contribution in [0.15, 0.2) is 41.4 Å². The summed E-state index contributed by atoms with van der Waals surface area (Å²) in [6.45, 7) is -0.554. The fourth-order valence-electron chi connectivity index (χ4n) is 2.68. The molecule has 2 rings (SSSR count). The van der Waals surface area contributed by atoms with Crippen molar-refractivity contribution in [2.45, 2.75) is 19.3 Å². The van der Waals surface area contributed by atoms with Crippen molar-refractivity contribution in [2.24, 2.45) is 4.99 Å². The first-order chi connectivity index (χ1) is 14.8. The number of benzene rings is 2. The maximum atomic E-state index is 12.4. The first-order valence-corrected chi connectivity index (χ1v) is 9.31. The second-order valence-corrected chi connectivity index (χ2v) is 6.35. The van der Waals surface area contributed by atoms with Crippen LogP contribution in [0.2, 0.25) is 0 Å². The van der Waals surface area contributed by atoms with Gasteiger partial charge in [0.25, 0.3) is 0 Å². The molecule has 0 spiro atoms.